The zero-order valence-corrected chi connectivity index (χ0v) is 16.5. The summed E-state index contributed by atoms with van der Waals surface area (Å²) in [7, 11) is 0. The van der Waals surface area contributed by atoms with Gasteiger partial charge < -0.3 is 9.15 Å². The third kappa shape index (κ3) is 4.87. The maximum absolute atomic E-state index is 12.0. The molecular weight excluding hydrogens is 424 g/mol. The second-order valence-corrected chi connectivity index (χ2v) is 6.80. The van der Waals surface area contributed by atoms with Crippen LogP contribution in [0.1, 0.15) is 41.4 Å². The Kier molecular flexibility index (Phi) is 6.83. The predicted octanol–water partition coefficient (Wildman–Crippen LogP) is 4.88. The molecule has 0 saturated carbocycles. The summed E-state index contributed by atoms with van der Waals surface area (Å²) >= 11 is 9.36. The first-order valence-corrected chi connectivity index (χ1v) is 8.92. The molecule has 0 unspecified atom stereocenters. The Balaban J connectivity index is 1.89. The van der Waals surface area contributed by atoms with Crippen LogP contribution in [0.25, 0.3) is 0 Å². The highest BCUT2D eigenvalue weighted by molar-refractivity contribution is 9.10. The number of aryl methyl sites for hydroxylation is 1. The lowest BCUT2D eigenvalue weighted by Crippen LogP contribution is -2.13. The summed E-state index contributed by atoms with van der Waals surface area (Å²) < 4.78 is 11.7. The zero-order chi connectivity index (χ0) is 19.3. The van der Waals surface area contributed by atoms with Crippen molar-refractivity contribution in [3.8, 4) is 11.8 Å². The Labute approximate surface area is 164 Å². The molecule has 0 aliphatic heterocycles. The molecule has 0 aliphatic rings. The van der Waals surface area contributed by atoms with Crippen molar-refractivity contribution in [3.05, 3.63) is 44.6 Å². The summed E-state index contributed by atoms with van der Waals surface area (Å²) in [6.07, 6.45) is 0.605. The van der Waals surface area contributed by atoms with E-state index < -0.39 is 0 Å². The number of hydrogen-bond acceptors (Lipinski definition) is 5. The number of carbonyl (C=O) groups is 2. The van der Waals surface area contributed by atoms with Gasteiger partial charge in [-0.1, -0.05) is 27.5 Å². The Bertz CT molecular complexity index is 886. The van der Waals surface area contributed by atoms with Crippen molar-refractivity contribution in [2.45, 2.75) is 26.7 Å². The third-order valence-corrected chi connectivity index (χ3v) is 4.29. The zero-order valence-electron chi connectivity index (χ0n) is 14.2. The van der Waals surface area contributed by atoms with Gasteiger partial charge in [-0.15, -0.1) is 0 Å². The van der Waals surface area contributed by atoms with Crippen molar-refractivity contribution in [1.29, 1.82) is 5.26 Å². The second kappa shape index (κ2) is 8.88. The number of nitrogens with zero attached hydrogens (tertiary/aromatic N) is 1. The summed E-state index contributed by atoms with van der Waals surface area (Å²) in [5, 5.41) is 12.2. The molecule has 1 amide bonds. The van der Waals surface area contributed by atoms with Crippen LogP contribution in [-0.2, 0) is 4.79 Å². The minimum atomic E-state index is -0.337. The number of furan rings is 1. The van der Waals surface area contributed by atoms with Gasteiger partial charge in [0.1, 0.15) is 23.1 Å². The SMILES string of the molecule is CC(=O)c1c(C)oc(NC(=O)CCCOc2ccc(Br)cc2Cl)c1C#N. The topological polar surface area (TPSA) is 92.3 Å². The molecule has 2 aromatic rings. The molecule has 1 N–H and O–H groups in total. The molecule has 0 saturated heterocycles. The van der Waals surface area contributed by atoms with Crippen molar-refractivity contribution in [2.24, 2.45) is 0 Å². The van der Waals surface area contributed by atoms with E-state index in [4.69, 9.17) is 20.8 Å². The van der Waals surface area contributed by atoms with Gasteiger partial charge in [-0.2, -0.15) is 5.26 Å². The van der Waals surface area contributed by atoms with Crippen molar-refractivity contribution in [2.75, 3.05) is 11.9 Å². The molecule has 1 aromatic carbocycles. The van der Waals surface area contributed by atoms with Crippen LogP contribution in [-0.4, -0.2) is 18.3 Å². The van der Waals surface area contributed by atoms with E-state index in [2.05, 4.69) is 21.2 Å². The van der Waals surface area contributed by atoms with Crippen LogP contribution in [0.5, 0.6) is 5.75 Å². The van der Waals surface area contributed by atoms with Gasteiger partial charge in [-0.05, 0) is 38.5 Å². The highest BCUT2D eigenvalue weighted by atomic mass is 79.9. The van der Waals surface area contributed by atoms with Crippen LogP contribution in [0.2, 0.25) is 5.02 Å². The Hall–Kier alpha value is -2.30. The van der Waals surface area contributed by atoms with Crippen molar-refractivity contribution in [3.63, 3.8) is 0 Å². The van der Waals surface area contributed by atoms with Crippen LogP contribution >= 0.6 is 27.5 Å². The third-order valence-electron chi connectivity index (χ3n) is 3.50. The minimum Gasteiger partial charge on any atom is -0.492 e. The summed E-state index contributed by atoms with van der Waals surface area (Å²) in [5.74, 6) is 0.211. The maximum Gasteiger partial charge on any atom is 0.226 e. The number of halogens is 2. The number of carbonyl (C=O) groups excluding carboxylic acids is 2. The molecule has 0 radical (unpaired) electrons. The number of nitriles is 1. The first kappa shape index (κ1) is 20.0. The summed E-state index contributed by atoms with van der Waals surface area (Å²) in [6, 6.07) is 7.17. The fraction of sp³-hybridized carbons (Fsp3) is 0.278. The molecule has 26 heavy (non-hydrogen) atoms. The number of rotatable bonds is 7. The lowest BCUT2D eigenvalue weighted by atomic mass is 10.1. The van der Waals surface area contributed by atoms with Gasteiger partial charge in [0.15, 0.2) is 5.78 Å². The molecule has 6 nitrogen and oxygen atoms in total. The number of hydrogen-bond donors (Lipinski definition) is 1. The largest absolute Gasteiger partial charge is 0.492 e. The molecule has 0 bridgehead atoms. The van der Waals surface area contributed by atoms with Crippen LogP contribution in [0, 0.1) is 18.3 Å². The Morgan fingerprint density at radius 1 is 1.42 bits per heavy atom. The van der Waals surface area contributed by atoms with Crippen LogP contribution in [0.15, 0.2) is 27.1 Å². The van der Waals surface area contributed by atoms with Gasteiger partial charge in [-0.25, -0.2) is 0 Å². The van der Waals surface area contributed by atoms with Crippen molar-refractivity contribution in [1.82, 2.24) is 0 Å². The fourth-order valence-electron chi connectivity index (χ4n) is 2.36. The molecule has 136 valence electrons. The molecule has 0 atom stereocenters. The Morgan fingerprint density at radius 2 is 2.15 bits per heavy atom. The van der Waals surface area contributed by atoms with Crippen LogP contribution in [0.3, 0.4) is 0 Å². The van der Waals surface area contributed by atoms with Crippen molar-refractivity contribution >= 4 is 45.1 Å². The maximum atomic E-state index is 12.0. The number of nitrogens with one attached hydrogen (secondary N) is 1. The lowest BCUT2D eigenvalue weighted by molar-refractivity contribution is -0.116. The van der Waals surface area contributed by atoms with E-state index in [-0.39, 0.29) is 35.1 Å². The monoisotopic (exact) mass is 438 g/mol. The van der Waals surface area contributed by atoms with E-state index >= 15 is 0 Å². The van der Waals surface area contributed by atoms with Gasteiger partial charge in [0.25, 0.3) is 0 Å². The normalized spacial score (nSPS) is 10.3. The first-order chi connectivity index (χ1) is 12.3. The lowest BCUT2D eigenvalue weighted by Gasteiger charge is -2.08. The molecule has 2 rings (SSSR count). The van der Waals surface area contributed by atoms with E-state index in [0.29, 0.717) is 29.6 Å². The first-order valence-electron chi connectivity index (χ1n) is 7.75. The summed E-state index contributed by atoms with van der Waals surface area (Å²) in [4.78, 5) is 23.6. The number of ether oxygens (including phenoxy) is 1. The van der Waals surface area contributed by atoms with Gasteiger partial charge in [0.2, 0.25) is 11.8 Å². The van der Waals surface area contributed by atoms with Crippen LogP contribution in [0.4, 0.5) is 5.88 Å². The Morgan fingerprint density at radius 3 is 2.77 bits per heavy atom. The summed E-state index contributed by atoms with van der Waals surface area (Å²) in [6.45, 7) is 3.22. The van der Waals surface area contributed by atoms with E-state index in [1.54, 1.807) is 19.1 Å². The molecule has 0 fully saturated rings. The van der Waals surface area contributed by atoms with E-state index in [1.165, 1.54) is 6.92 Å². The van der Waals surface area contributed by atoms with Crippen LogP contribution < -0.4 is 10.1 Å². The predicted molar refractivity (Wildman–Crippen MR) is 101 cm³/mol. The second-order valence-electron chi connectivity index (χ2n) is 5.48. The molecule has 1 heterocycles. The van der Waals surface area contributed by atoms with Gasteiger partial charge in [0.05, 0.1) is 17.2 Å². The van der Waals surface area contributed by atoms with E-state index in [1.807, 2.05) is 12.1 Å². The fourth-order valence-corrected chi connectivity index (χ4v) is 3.09. The number of benzene rings is 1. The van der Waals surface area contributed by atoms with E-state index in [9.17, 15) is 14.9 Å². The average Bonchev–Trinajstić information content (AvgIpc) is 2.88. The number of amides is 1. The molecular formula is C18H16BrClN2O4. The van der Waals surface area contributed by atoms with Gasteiger partial charge in [-0.3, -0.25) is 14.9 Å². The molecule has 8 heteroatoms. The summed E-state index contributed by atoms with van der Waals surface area (Å²) in [5.41, 5.74) is 0.234. The van der Waals surface area contributed by atoms with Gasteiger partial charge >= 0.3 is 0 Å². The minimum absolute atomic E-state index is 0.00271. The highest BCUT2D eigenvalue weighted by Crippen LogP contribution is 2.28. The highest BCUT2D eigenvalue weighted by Gasteiger charge is 2.22. The number of anilines is 1. The van der Waals surface area contributed by atoms with E-state index in [0.717, 1.165) is 4.47 Å². The van der Waals surface area contributed by atoms with Crippen molar-refractivity contribution < 1.29 is 18.7 Å². The molecule has 1 aromatic heterocycles. The quantitative estimate of drug-likeness (QED) is 0.490. The smallest absolute Gasteiger partial charge is 0.226 e. The standard InChI is InChI=1S/C18H16BrClN2O4/c1-10(23)17-11(2)26-18(13(17)9-21)22-16(24)4-3-7-25-15-6-5-12(19)8-14(15)20/h5-6,8H,3-4,7H2,1-2H3,(H,22,24). The molecule has 0 spiro atoms. The number of ketones is 1. The average molecular weight is 440 g/mol. The van der Waals surface area contributed by atoms with Gasteiger partial charge in [0, 0.05) is 10.9 Å². The molecule has 0 aliphatic carbocycles. The number of Topliss-reactive ketones (excluding diaryl/α,β-unsaturated/α-hetero) is 1.